The first kappa shape index (κ1) is 19.3. The molecule has 0 aliphatic carbocycles. The Kier molecular flexibility index (Phi) is 9.43. The summed E-state index contributed by atoms with van der Waals surface area (Å²) in [5.74, 6) is 2.08. The number of nitrogens with zero attached hydrogens (tertiary/aromatic N) is 2. The number of aliphatic hydroxyl groups is 1. The van der Waals surface area contributed by atoms with Crippen LogP contribution in [0.5, 0.6) is 0 Å². The maximum Gasteiger partial charge on any atom is 0.193 e. The van der Waals surface area contributed by atoms with Crippen molar-refractivity contribution in [2.24, 2.45) is 4.99 Å². The molecule has 0 bridgehead atoms. The number of rotatable bonds is 4. The zero-order valence-electron chi connectivity index (χ0n) is 12.5. The number of nitrogens with one attached hydrogen (secondary N) is 1. The Morgan fingerprint density at radius 3 is 2.74 bits per heavy atom. The van der Waals surface area contributed by atoms with Crippen LogP contribution < -0.4 is 5.32 Å². The fourth-order valence-corrected chi connectivity index (χ4v) is 3.07. The van der Waals surface area contributed by atoms with Crippen molar-refractivity contribution in [3.05, 3.63) is 0 Å². The molecule has 1 rings (SSSR count). The van der Waals surface area contributed by atoms with Crippen molar-refractivity contribution in [2.75, 3.05) is 32.4 Å². The Labute approximate surface area is 138 Å². The third-order valence-corrected chi connectivity index (χ3v) is 4.87. The van der Waals surface area contributed by atoms with Gasteiger partial charge in [0.25, 0.3) is 0 Å². The van der Waals surface area contributed by atoms with E-state index in [1.54, 1.807) is 0 Å². The van der Waals surface area contributed by atoms with Gasteiger partial charge in [-0.3, -0.25) is 4.99 Å². The van der Waals surface area contributed by atoms with Crippen LogP contribution >= 0.6 is 35.7 Å². The zero-order chi connectivity index (χ0) is 13.6. The minimum Gasteiger partial charge on any atom is -0.388 e. The van der Waals surface area contributed by atoms with Gasteiger partial charge in [0.2, 0.25) is 0 Å². The van der Waals surface area contributed by atoms with Crippen LogP contribution in [0.15, 0.2) is 4.99 Å². The van der Waals surface area contributed by atoms with E-state index in [2.05, 4.69) is 22.1 Å². The standard InChI is InChI=1S/C13H27N3OS.HI/c1-5-11-9-16(7-8-18-11)12(14-4)15-10-13(3,17)6-2;/h11,17H,5-10H2,1-4H3,(H,14,15);1H. The van der Waals surface area contributed by atoms with E-state index in [4.69, 9.17) is 0 Å². The van der Waals surface area contributed by atoms with Crippen LogP contribution in [0, 0.1) is 0 Å². The zero-order valence-corrected chi connectivity index (χ0v) is 15.6. The van der Waals surface area contributed by atoms with E-state index in [-0.39, 0.29) is 24.0 Å². The van der Waals surface area contributed by atoms with Gasteiger partial charge in [0.1, 0.15) is 0 Å². The molecule has 2 unspecified atom stereocenters. The molecular weight excluding hydrogens is 373 g/mol. The van der Waals surface area contributed by atoms with E-state index in [0.29, 0.717) is 11.8 Å². The molecule has 1 fully saturated rings. The van der Waals surface area contributed by atoms with E-state index in [1.807, 2.05) is 32.7 Å². The summed E-state index contributed by atoms with van der Waals surface area (Å²) in [5.41, 5.74) is -0.662. The van der Waals surface area contributed by atoms with Gasteiger partial charge in [-0.2, -0.15) is 11.8 Å². The Morgan fingerprint density at radius 2 is 2.21 bits per heavy atom. The molecule has 1 saturated heterocycles. The number of guanidine groups is 1. The number of halogens is 1. The molecule has 19 heavy (non-hydrogen) atoms. The van der Waals surface area contributed by atoms with Crippen LogP contribution in [0.25, 0.3) is 0 Å². The van der Waals surface area contributed by atoms with E-state index in [1.165, 1.54) is 6.42 Å². The van der Waals surface area contributed by atoms with Crippen LogP contribution in [-0.2, 0) is 0 Å². The second kappa shape index (κ2) is 9.28. The van der Waals surface area contributed by atoms with Crippen molar-refractivity contribution in [2.45, 2.75) is 44.5 Å². The molecule has 0 radical (unpaired) electrons. The third-order valence-electron chi connectivity index (χ3n) is 3.49. The first-order chi connectivity index (χ1) is 8.52. The minimum absolute atomic E-state index is 0. The van der Waals surface area contributed by atoms with Crippen LogP contribution in [0.2, 0.25) is 0 Å². The van der Waals surface area contributed by atoms with E-state index >= 15 is 0 Å². The van der Waals surface area contributed by atoms with Crippen molar-refractivity contribution in [3.63, 3.8) is 0 Å². The lowest BCUT2D eigenvalue weighted by Gasteiger charge is -2.35. The molecule has 1 aliphatic rings. The molecule has 6 heteroatoms. The average Bonchev–Trinajstić information content (AvgIpc) is 2.39. The van der Waals surface area contributed by atoms with Crippen molar-refractivity contribution in [1.82, 2.24) is 10.2 Å². The van der Waals surface area contributed by atoms with Gasteiger partial charge in [-0.15, -0.1) is 24.0 Å². The summed E-state index contributed by atoms with van der Waals surface area (Å²) in [5, 5.41) is 14.0. The molecule has 0 aromatic rings. The predicted octanol–water partition coefficient (Wildman–Crippen LogP) is 2.17. The van der Waals surface area contributed by atoms with E-state index < -0.39 is 5.60 Å². The number of aliphatic imine (C=N–C) groups is 1. The van der Waals surface area contributed by atoms with Gasteiger partial charge in [-0.1, -0.05) is 13.8 Å². The van der Waals surface area contributed by atoms with Gasteiger partial charge >= 0.3 is 0 Å². The van der Waals surface area contributed by atoms with Crippen LogP contribution in [0.3, 0.4) is 0 Å². The Morgan fingerprint density at radius 1 is 1.53 bits per heavy atom. The molecule has 2 N–H and O–H groups in total. The molecule has 2 atom stereocenters. The van der Waals surface area contributed by atoms with Crippen LogP contribution in [-0.4, -0.2) is 59.3 Å². The summed E-state index contributed by atoms with van der Waals surface area (Å²) in [4.78, 5) is 6.63. The Hall–Kier alpha value is 0.310. The predicted molar refractivity (Wildman–Crippen MR) is 95.8 cm³/mol. The highest BCUT2D eigenvalue weighted by Gasteiger charge is 2.23. The summed E-state index contributed by atoms with van der Waals surface area (Å²) in [6.45, 7) is 8.73. The smallest absolute Gasteiger partial charge is 0.193 e. The molecule has 4 nitrogen and oxygen atoms in total. The average molecular weight is 401 g/mol. The highest BCUT2D eigenvalue weighted by molar-refractivity contribution is 14.0. The lowest BCUT2D eigenvalue weighted by molar-refractivity contribution is 0.0597. The quantitative estimate of drug-likeness (QED) is 0.431. The molecular formula is C13H28IN3OS. The maximum absolute atomic E-state index is 10.0. The normalized spacial score (nSPS) is 23.5. The van der Waals surface area contributed by atoms with Crippen molar-refractivity contribution >= 4 is 41.7 Å². The van der Waals surface area contributed by atoms with Crippen LogP contribution in [0.4, 0.5) is 0 Å². The SMILES string of the molecule is CCC1CN(C(=NC)NCC(C)(O)CC)CCS1.I. The Bertz CT molecular complexity index is 287. The van der Waals surface area contributed by atoms with Gasteiger partial charge in [0, 0.05) is 37.7 Å². The molecule has 114 valence electrons. The highest BCUT2D eigenvalue weighted by atomic mass is 127. The van der Waals surface area contributed by atoms with E-state index in [0.717, 1.165) is 31.2 Å². The summed E-state index contributed by atoms with van der Waals surface area (Å²) in [6, 6.07) is 0. The van der Waals surface area contributed by atoms with Gasteiger partial charge in [-0.25, -0.2) is 0 Å². The highest BCUT2D eigenvalue weighted by Crippen LogP contribution is 2.21. The van der Waals surface area contributed by atoms with Gasteiger partial charge < -0.3 is 15.3 Å². The first-order valence-electron chi connectivity index (χ1n) is 6.82. The second-order valence-electron chi connectivity index (χ2n) is 5.10. The van der Waals surface area contributed by atoms with Crippen molar-refractivity contribution < 1.29 is 5.11 Å². The molecule has 0 spiro atoms. The van der Waals surface area contributed by atoms with Gasteiger partial charge in [0.15, 0.2) is 5.96 Å². The molecule has 0 amide bonds. The van der Waals surface area contributed by atoms with Gasteiger partial charge in [0.05, 0.1) is 5.60 Å². The summed E-state index contributed by atoms with van der Waals surface area (Å²) >= 11 is 2.05. The van der Waals surface area contributed by atoms with Crippen LogP contribution in [0.1, 0.15) is 33.6 Å². The number of hydrogen-bond acceptors (Lipinski definition) is 3. The summed E-state index contributed by atoms with van der Waals surface area (Å²) < 4.78 is 0. The number of hydrogen-bond donors (Lipinski definition) is 2. The minimum atomic E-state index is -0.662. The molecule has 1 heterocycles. The molecule has 0 aromatic heterocycles. The van der Waals surface area contributed by atoms with Crippen molar-refractivity contribution in [1.29, 1.82) is 0 Å². The summed E-state index contributed by atoms with van der Waals surface area (Å²) in [6.07, 6.45) is 1.94. The fourth-order valence-electron chi connectivity index (χ4n) is 1.89. The van der Waals surface area contributed by atoms with E-state index in [9.17, 15) is 5.11 Å². The second-order valence-corrected chi connectivity index (χ2v) is 6.51. The van der Waals surface area contributed by atoms with Crippen molar-refractivity contribution in [3.8, 4) is 0 Å². The lowest BCUT2D eigenvalue weighted by atomic mass is 10.0. The largest absolute Gasteiger partial charge is 0.388 e. The molecule has 1 aliphatic heterocycles. The van der Waals surface area contributed by atoms with Gasteiger partial charge in [-0.05, 0) is 19.8 Å². The molecule has 0 aromatic carbocycles. The Balaban J connectivity index is 0.00000324. The fraction of sp³-hybridized carbons (Fsp3) is 0.923. The third kappa shape index (κ3) is 6.53. The maximum atomic E-state index is 10.0. The lowest BCUT2D eigenvalue weighted by Crippen LogP contribution is -2.51. The summed E-state index contributed by atoms with van der Waals surface area (Å²) in [7, 11) is 1.81. The molecule has 0 saturated carbocycles. The topological polar surface area (TPSA) is 47.9 Å². The monoisotopic (exact) mass is 401 g/mol. The first-order valence-corrected chi connectivity index (χ1v) is 7.86. The number of thioether (sulfide) groups is 1.